The molecule has 6 nitrogen and oxygen atoms in total. The van der Waals surface area contributed by atoms with Crippen LogP contribution in [-0.4, -0.2) is 33.2 Å². The van der Waals surface area contributed by atoms with Crippen LogP contribution in [0.4, 0.5) is 10.1 Å². The van der Waals surface area contributed by atoms with Crippen molar-refractivity contribution in [3.05, 3.63) is 58.4 Å². The number of ether oxygens (including phenoxy) is 1. The molecule has 2 aromatic rings. The van der Waals surface area contributed by atoms with Gasteiger partial charge in [0.2, 0.25) is 0 Å². The molecule has 0 radical (unpaired) electrons. The molecule has 0 saturated heterocycles. The molecule has 0 fully saturated rings. The second-order valence-electron chi connectivity index (χ2n) is 5.50. The van der Waals surface area contributed by atoms with Gasteiger partial charge in [0.05, 0.1) is 21.2 Å². The molecule has 0 aromatic heterocycles. The molecule has 0 aliphatic carbocycles. The highest BCUT2D eigenvalue weighted by atomic mass is 35.5. The third-order valence-electron chi connectivity index (χ3n) is 3.40. The zero-order chi connectivity index (χ0) is 19.5. The summed E-state index contributed by atoms with van der Waals surface area (Å²) in [5.41, 5.74) is 0.717. The van der Waals surface area contributed by atoms with Crippen LogP contribution in [-0.2, 0) is 19.4 Å². The number of rotatable bonds is 5. The molecule has 0 bridgehead atoms. The van der Waals surface area contributed by atoms with Crippen molar-refractivity contribution in [2.75, 3.05) is 18.2 Å². The summed E-state index contributed by atoms with van der Waals surface area (Å²) in [6.45, 7) is 0.996. The van der Waals surface area contributed by atoms with E-state index in [1.807, 2.05) is 0 Å². The zero-order valence-corrected chi connectivity index (χ0v) is 15.4. The Morgan fingerprint density at radius 2 is 1.88 bits per heavy atom. The predicted molar refractivity (Wildman–Crippen MR) is 94.6 cm³/mol. The van der Waals surface area contributed by atoms with E-state index in [0.717, 1.165) is 18.4 Å². The Hall–Kier alpha value is -2.45. The van der Waals surface area contributed by atoms with Crippen LogP contribution in [0.5, 0.6) is 0 Å². The van der Waals surface area contributed by atoms with Gasteiger partial charge in [0.25, 0.3) is 5.91 Å². The van der Waals surface area contributed by atoms with E-state index in [1.54, 1.807) is 6.92 Å². The molecule has 9 heteroatoms. The number of carbonyl (C=O) groups is 2. The van der Waals surface area contributed by atoms with Gasteiger partial charge in [-0.3, -0.25) is 4.79 Å². The Morgan fingerprint density at radius 1 is 1.19 bits per heavy atom. The van der Waals surface area contributed by atoms with E-state index in [4.69, 9.17) is 16.3 Å². The van der Waals surface area contributed by atoms with E-state index >= 15 is 0 Å². The second-order valence-corrected chi connectivity index (χ2v) is 7.92. The molecule has 0 aliphatic heterocycles. The van der Waals surface area contributed by atoms with Gasteiger partial charge in [0, 0.05) is 6.26 Å². The van der Waals surface area contributed by atoms with E-state index < -0.39 is 34.1 Å². The van der Waals surface area contributed by atoms with Gasteiger partial charge in [-0.15, -0.1) is 0 Å². The van der Waals surface area contributed by atoms with Crippen LogP contribution in [0.1, 0.15) is 15.9 Å². The molecule has 26 heavy (non-hydrogen) atoms. The van der Waals surface area contributed by atoms with Gasteiger partial charge in [-0.25, -0.2) is 17.6 Å². The minimum Gasteiger partial charge on any atom is -0.452 e. The number of aryl methyl sites for hydroxylation is 1. The fourth-order valence-electron chi connectivity index (χ4n) is 2.04. The second kappa shape index (κ2) is 7.84. The molecule has 0 aliphatic rings. The Bertz CT molecular complexity index is 975. The first kappa shape index (κ1) is 19.9. The molecule has 138 valence electrons. The molecule has 0 heterocycles. The zero-order valence-electron chi connectivity index (χ0n) is 13.9. The van der Waals surface area contributed by atoms with Crippen molar-refractivity contribution in [2.24, 2.45) is 0 Å². The summed E-state index contributed by atoms with van der Waals surface area (Å²) in [5.74, 6) is -2.07. The lowest BCUT2D eigenvalue weighted by molar-refractivity contribution is -0.119. The number of hydrogen-bond acceptors (Lipinski definition) is 5. The van der Waals surface area contributed by atoms with E-state index in [9.17, 15) is 22.4 Å². The van der Waals surface area contributed by atoms with E-state index in [2.05, 4.69) is 5.32 Å². The largest absolute Gasteiger partial charge is 0.452 e. The average Bonchev–Trinajstić information content (AvgIpc) is 2.54. The number of halogens is 2. The highest BCUT2D eigenvalue weighted by molar-refractivity contribution is 7.90. The summed E-state index contributed by atoms with van der Waals surface area (Å²) in [5, 5.41) is 2.39. The summed E-state index contributed by atoms with van der Waals surface area (Å²) < 4.78 is 41.1. The van der Waals surface area contributed by atoms with Gasteiger partial charge in [-0.05, 0) is 42.8 Å². The maximum absolute atomic E-state index is 13.0. The van der Waals surface area contributed by atoms with Gasteiger partial charge in [0.15, 0.2) is 16.4 Å². The van der Waals surface area contributed by atoms with E-state index in [1.165, 1.54) is 24.3 Å². The van der Waals surface area contributed by atoms with Crippen LogP contribution in [0.15, 0.2) is 41.3 Å². The Balaban J connectivity index is 2.05. The topological polar surface area (TPSA) is 89.5 Å². The molecule has 1 amide bonds. The summed E-state index contributed by atoms with van der Waals surface area (Å²) in [6.07, 6.45) is 1.02. The first-order valence-electron chi connectivity index (χ1n) is 7.30. The van der Waals surface area contributed by atoms with Crippen LogP contribution >= 0.6 is 11.6 Å². The minimum atomic E-state index is -3.49. The van der Waals surface area contributed by atoms with Gasteiger partial charge >= 0.3 is 5.97 Å². The van der Waals surface area contributed by atoms with Crippen LogP contribution in [0, 0.1) is 12.7 Å². The number of anilines is 1. The molecular weight excluding hydrogens is 385 g/mol. The highest BCUT2D eigenvalue weighted by Gasteiger charge is 2.17. The smallest absolute Gasteiger partial charge is 0.338 e. The van der Waals surface area contributed by atoms with Crippen molar-refractivity contribution in [3.8, 4) is 0 Å². The minimum absolute atomic E-state index is 0.00127. The number of amides is 1. The number of hydrogen-bond donors (Lipinski definition) is 1. The Morgan fingerprint density at radius 3 is 2.50 bits per heavy atom. The standard InChI is InChI=1S/C17H15ClFNO5S/c1-10-3-5-12(26(2,23)24)8-13(10)17(22)25-9-16(21)20-15-6-4-11(19)7-14(15)18/h3-8H,9H2,1-2H3,(H,20,21). The number of sulfone groups is 1. The molecule has 0 saturated carbocycles. The van der Waals surface area contributed by atoms with Gasteiger partial charge in [-0.2, -0.15) is 0 Å². The predicted octanol–water partition coefficient (Wildman–Crippen LogP) is 2.99. The third-order valence-corrected chi connectivity index (χ3v) is 4.82. The summed E-state index contributed by atoms with van der Waals surface area (Å²) >= 11 is 5.79. The van der Waals surface area contributed by atoms with E-state index in [0.29, 0.717) is 5.56 Å². The maximum Gasteiger partial charge on any atom is 0.338 e. The molecule has 2 aromatic carbocycles. The van der Waals surface area contributed by atoms with E-state index in [-0.39, 0.29) is 21.2 Å². The SMILES string of the molecule is Cc1ccc(S(C)(=O)=O)cc1C(=O)OCC(=O)Nc1ccc(F)cc1Cl. The first-order valence-corrected chi connectivity index (χ1v) is 9.57. The monoisotopic (exact) mass is 399 g/mol. The third kappa shape index (κ3) is 5.03. The molecule has 0 atom stereocenters. The van der Waals surface area contributed by atoms with Crippen molar-refractivity contribution in [1.82, 2.24) is 0 Å². The Kier molecular flexibility index (Phi) is 5.99. The molecule has 0 spiro atoms. The average molecular weight is 400 g/mol. The lowest BCUT2D eigenvalue weighted by atomic mass is 10.1. The van der Waals surface area contributed by atoms with Crippen molar-refractivity contribution < 1.29 is 27.1 Å². The number of nitrogens with one attached hydrogen (secondary N) is 1. The summed E-state index contributed by atoms with van der Waals surface area (Å²) in [7, 11) is -3.49. The number of esters is 1. The first-order chi connectivity index (χ1) is 12.1. The summed E-state index contributed by atoms with van der Waals surface area (Å²) in [6, 6.07) is 7.48. The number of benzene rings is 2. The fraction of sp³-hybridized carbons (Fsp3) is 0.176. The molecule has 1 N–H and O–H groups in total. The maximum atomic E-state index is 13.0. The lowest BCUT2D eigenvalue weighted by Crippen LogP contribution is -2.21. The highest BCUT2D eigenvalue weighted by Crippen LogP contribution is 2.22. The lowest BCUT2D eigenvalue weighted by Gasteiger charge is -2.10. The quantitative estimate of drug-likeness (QED) is 0.780. The van der Waals surface area contributed by atoms with Gasteiger partial charge < -0.3 is 10.1 Å². The molecule has 0 unspecified atom stereocenters. The molecular formula is C17H15ClFNO5S. The van der Waals surface area contributed by atoms with Gasteiger partial charge in [0.1, 0.15) is 5.82 Å². The van der Waals surface area contributed by atoms with Crippen LogP contribution in [0.2, 0.25) is 5.02 Å². The van der Waals surface area contributed by atoms with Gasteiger partial charge in [-0.1, -0.05) is 17.7 Å². The number of carbonyl (C=O) groups excluding carboxylic acids is 2. The van der Waals surface area contributed by atoms with Crippen LogP contribution < -0.4 is 5.32 Å². The van der Waals surface area contributed by atoms with Crippen LogP contribution in [0.25, 0.3) is 0 Å². The Labute approximate surface area is 154 Å². The fourth-order valence-corrected chi connectivity index (χ4v) is 2.90. The van der Waals surface area contributed by atoms with Crippen LogP contribution in [0.3, 0.4) is 0 Å². The van der Waals surface area contributed by atoms with Crippen molar-refractivity contribution in [1.29, 1.82) is 0 Å². The normalized spacial score (nSPS) is 11.1. The van der Waals surface area contributed by atoms with Crippen molar-refractivity contribution in [3.63, 3.8) is 0 Å². The van der Waals surface area contributed by atoms with Crippen molar-refractivity contribution in [2.45, 2.75) is 11.8 Å². The molecule has 2 rings (SSSR count). The van der Waals surface area contributed by atoms with Crippen molar-refractivity contribution >= 4 is 39.0 Å². The summed E-state index contributed by atoms with van der Waals surface area (Å²) in [4.78, 5) is 24.0.